The summed E-state index contributed by atoms with van der Waals surface area (Å²) in [5.74, 6) is -3.25. The number of nitrogens with zero attached hydrogens (tertiary/aromatic N) is 2. The van der Waals surface area contributed by atoms with Crippen LogP contribution in [0.2, 0.25) is 0 Å². The maximum Gasteiger partial charge on any atom is 0.419 e. The highest BCUT2D eigenvalue weighted by Crippen LogP contribution is 2.27. The van der Waals surface area contributed by atoms with Crippen molar-refractivity contribution in [3.63, 3.8) is 0 Å². The summed E-state index contributed by atoms with van der Waals surface area (Å²) in [7, 11) is 1.63. The van der Waals surface area contributed by atoms with E-state index in [0.29, 0.717) is 16.8 Å². The third-order valence-electron chi connectivity index (χ3n) is 4.63. The number of carbonyl (C=O) groups excluding carboxylic acids is 1. The first kappa shape index (κ1) is 18.5. The second kappa shape index (κ2) is 6.97. The Labute approximate surface area is 163 Å². The van der Waals surface area contributed by atoms with E-state index in [9.17, 15) is 18.4 Å². The van der Waals surface area contributed by atoms with Crippen molar-refractivity contribution in [3.05, 3.63) is 82.0 Å². The predicted octanol–water partition coefficient (Wildman–Crippen LogP) is 4.03. The third kappa shape index (κ3) is 3.29. The van der Waals surface area contributed by atoms with Gasteiger partial charge in [0.05, 0.1) is 23.1 Å². The van der Waals surface area contributed by atoms with Crippen LogP contribution < -0.4 is 11.1 Å². The molecule has 0 atom stereocenters. The largest absolute Gasteiger partial charge is 0.419 e. The van der Waals surface area contributed by atoms with Crippen LogP contribution in [0.15, 0.2) is 57.9 Å². The number of nitrogens with one attached hydrogen (secondary N) is 1. The number of hydrogen-bond donors (Lipinski definition) is 1. The summed E-state index contributed by atoms with van der Waals surface area (Å²) >= 11 is 0. The van der Waals surface area contributed by atoms with E-state index < -0.39 is 28.9 Å². The highest BCUT2D eigenvalue weighted by atomic mass is 19.1. The SMILES string of the molecule is Cc1cc2c(cc1-c1ccc(NC(=O)c3c(F)cccc3F)cn1)oc(=O)n2C. The van der Waals surface area contributed by atoms with E-state index in [0.717, 1.165) is 23.3 Å². The van der Waals surface area contributed by atoms with Crippen molar-refractivity contribution in [2.75, 3.05) is 5.32 Å². The average molecular weight is 395 g/mol. The Kier molecular flexibility index (Phi) is 4.46. The van der Waals surface area contributed by atoms with E-state index in [4.69, 9.17) is 4.42 Å². The molecule has 8 heteroatoms. The lowest BCUT2D eigenvalue weighted by atomic mass is 10.0. The van der Waals surface area contributed by atoms with Crippen LogP contribution in [0.3, 0.4) is 0 Å². The van der Waals surface area contributed by atoms with Gasteiger partial charge in [-0.2, -0.15) is 0 Å². The second-order valence-corrected chi connectivity index (χ2v) is 6.54. The molecule has 0 fully saturated rings. The topological polar surface area (TPSA) is 77.1 Å². The molecule has 0 saturated carbocycles. The van der Waals surface area contributed by atoms with E-state index in [-0.39, 0.29) is 5.69 Å². The molecule has 2 heterocycles. The molecular formula is C21H15F2N3O3. The molecule has 0 radical (unpaired) electrons. The number of carbonyl (C=O) groups is 1. The van der Waals surface area contributed by atoms with E-state index >= 15 is 0 Å². The number of pyridine rings is 1. The lowest BCUT2D eigenvalue weighted by Crippen LogP contribution is -2.15. The Morgan fingerprint density at radius 3 is 2.52 bits per heavy atom. The minimum atomic E-state index is -0.944. The third-order valence-corrected chi connectivity index (χ3v) is 4.63. The van der Waals surface area contributed by atoms with Crippen LogP contribution in [0.5, 0.6) is 0 Å². The molecule has 0 unspecified atom stereocenters. The zero-order valence-corrected chi connectivity index (χ0v) is 15.5. The molecule has 0 spiro atoms. The van der Waals surface area contributed by atoms with Gasteiger partial charge in [0.2, 0.25) is 0 Å². The lowest BCUT2D eigenvalue weighted by molar-refractivity contribution is 0.101. The quantitative estimate of drug-likeness (QED) is 0.568. The van der Waals surface area contributed by atoms with Crippen molar-refractivity contribution in [2.45, 2.75) is 6.92 Å². The number of fused-ring (bicyclic) bond motifs is 1. The molecule has 0 aliphatic heterocycles. The predicted molar refractivity (Wildman–Crippen MR) is 104 cm³/mol. The number of anilines is 1. The van der Waals surface area contributed by atoms with Crippen LogP contribution in [-0.2, 0) is 7.05 Å². The Bertz CT molecular complexity index is 1290. The molecule has 1 amide bonds. The van der Waals surface area contributed by atoms with E-state index in [1.165, 1.54) is 16.8 Å². The number of aryl methyl sites for hydroxylation is 2. The summed E-state index contributed by atoms with van der Waals surface area (Å²) in [5, 5.41) is 2.43. The summed E-state index contributed by atoms with van der Waals surface area (Å²) < 4.78 is 34.1. The smallest absolute Gasteiger partial charge is 0.408 e. The van der Waals surface area contributed by atoms with Crippen molar-refractivity contribution in [2.24, 2.45) is 7.05 Å². The van der Waals surface area contributed by atoms with Gasteiger partial charge in [-0.25, -0.2) is 13.6 Å². The summed E-state index contributed by atoms with van der Waals surface area (Å²) in [6.07, 6.45) is 1.39. The van der Waals surface area contributed by atoms with E-state index in [1.807, 2.05) is 13.0 Å². The monoisotopic (exact) mass is 395 g/mol. The van der Waals surface area contributed by atoms with Gasteiger partial charge in [0, 0.05) is 12.6 Å². The van der Waals surface area contributed by atoms with Gasteiger partial charge >= 0.3 is 5.76 Å². The number of benzene rings is 2. The zero-order chi connectivity index (χ0) is 20.7. The summed E-state index contributed by atoms with van der Waals surface area (Å²) in [4.78, 5) is 28.2. The first-order valence-corrected chi connectivity index (χ1v) is 8.67. The highest BCUT2D eigenvalue weighted by molar-refractivity contribution is 6.04. The van der Waals surface area contributed by atoms with Crippen molar-refractivity contribution in [1.82, 2.24) is 9.55 Å². The maximum atomic E-state index is 13.7. The molecule has 4 rings (SSSR count). The molecule has 29 heavy (non-hydrogen) atoms. The first-order chi connectivity index (χ1) is 13.8. The van der Waals surface area contributed by atoms with Gasteiger partial charge < -0.3 is 9.73 Å². The van der Waals surface area contributed by atoms with Crippen molar-refractivity contribution < 1.29 is 18.0 Å². The molecular weight excluding hydrogens is 380 g/mol. The molecule has 2 aromatic heterocycles. The highest BCUT2D eigenvalue weighted by Gasteiger charge is 2.17. The normalized spacial score (nSPS) is 11.0. The Morgan fingerprint density at radius 1 is 1.14 bits per heavy atom. The van der Waals surface area contributed by atoms with Gasteiger partial charge in [-0.15, -0.1) is 0 Å². The molecule has 0 saturated heterocycles. The average Bonchev–Trinajstić information content (AvgIpc) is 2.95. The fourth-order valence-corrected chi connectivity index (χ4v) is 3.09. The standard InChI is InChI=1S/C21H15F2N3O3/c1-11-8-17-18(29-21(28)26(17)2)9-13(11)16-7-6-12(10-24-16)25-20(27)19-14(22)4-3-5-15(19)23/h3-10H,1-2H3,(H,25,27). The summed E-state index contributed by atoms with van der Waals surface area (Å²) in [6.45, 7) is 1.88. The van der Waals surface area contributed by atoms with Gasteiger partial charge in [0.15, 0.2) is 5.58 Å². The van der Waals surface area contributed by atoms with Crippen LogP contribution in [0.25, 0.3) is 22.4 Å². The minimum Gasteiger partial charge on any atom is -0.408 e. The van der Waals surface area contributed by atoms with Crippen LogP contribution in [0.4, 0.5) is 14.5 Å². The lowest BCUT2D eigenvalue weighted by Gasteiger charge is -2.09. The fraction of sp³-hybridized carbons (Fsp3) is 0.0952. The van der Waals surface area contributed by atoms with Crippen LogP contribution in [0, 0.1) is 18.6 Å². The van der Waals surface area contributed by atoms with Crippen molar-refractivity contribution >= 4 is 22.7 Å². The number of oxazole rings is 1. The molecule has 1 N–H and O–H groups in total. The number of hydrogen-bond acceptors (Lipinski definition) is 4. The van der Waals surface area contributed by atoms with Gasteiger partial charge in [-0.3, -0.25) is 14.3 Å². The number of aromatic nitrogens is 2. The van der Waals surface area contributed by atoms with Gasteiger partial charge in [0.25, 0.3) is 5.91 Å². The van der Waals surface area contributed by atoms with Crippen molar-refractivity contribution in [1.29, 1.82) is 0 Å². The molecule has 146 valence electrons. The molecule has 6 nitrogen and oxygen atoms in total. The Morgan fingerprint density at radius 2 is 1.86 bits per heavy atom. The molecule has 0 aliphatic rings. The summed E-state index contributed by atoms with van der Waals surface area (Å²) in [6, 6.07) is 9.99. The van der Waals surface area contributed by atoms with Gasteiger partial charge in [-0.1, -0.05) is 6.07 Å². The summed E-state index contributed by atoms with van der Waals surface area (Å²) in [5.41, 5.74) is 2.96. The van der Waals surface area contributed by atoms with Crippen LogP contribution in [-0.4, -0.2) is 15.5 Å². The van der Waals surface area contributed by atoms with Gasteiger partial charge in [0.1, 0.15) is 17.2 Å². The first-order valence-electron chi connectivity index (χ1n) is 8.67. The van der Waals surface area contributed by atoms with E-state index in [1.54, 1.807) is 25.2 Å². The number of amides is 1. The molecule has 4 aromatic rings. The van der Waals surface area contributed by atoms with E-state index in [2.05, 4.69) is 10.3 Å². The Hall–Kier alpha value is -3.81. The van der Waals surface area contributed by atoms with Crippen LogP contribution >= 0.6 is 0 Å². The molecule has 2 aromatic carbocycles. The molecule has 0 bridgehead atoms. The fourth-order valence-electron chi connectivity index (χ4n) is 3.09. The van der Waals surface area contributed by atoms with Crippen LogP contribution in [0.1, 0.15) is 15.9 Å². The maximum absolute atomic E-state index is 13.7. The van der Waals surface area contributed by atoms with Gasteiger partial charge in [-0.05, 0) is 48.9 Å². The number of rotatable bonds is 3. The minimum absolute atomic E-state index is 0.284. The second-order valence-electron chi connectivity index (χ2n) is 6.54. The van der Waals surface area contributed by atoms with Crippen molar-refractivity contribution in [3.8, 4) is 11.3 Å². The Balaban J connectivity index is 1.63. The molecule has 0 aliphatic carbocycles. The zero-order valence-electron chi connectivity index (χ0n) is 15.5. The number of halogens is 2.